The van der Waals surface area contributed by atoms with Gasteiger partial charge in [-0.05, 0) is 64.5 Å². The molecule has 1 N–H and O–H groups in total. The fourth-order valence-electron chi connectivity index (χ4n) is 3.10. The molecule has 0 spiro atoms. The maximum absolute atomic E-state index is 12.6. The van der Waals surface area contributed by atoms with Crippen molar-refractivity contribution < 1.29 is 13.9 Å². The van der Waals surface area contributed by atoms with Crippen LogP contribution in [0.3, 0.4) is 0 Å². The number of halogens is 3. The summed E-state index contributed by atoms with van der Waals surface area (Å²) in [6.07, 6.45) is 0. The zero-order valence-electron chi connectivity index (χ0n) is 15.3. The second kappa shape index (κ2) is 8.79. The Bertz CT molecular complexity index is 1050. The number of ether oxygens (including phenoxy) is 1. The largest absolute Gasteiger partial charge is 0.451 e. The summed E-state index contributed by atoms with van der Waals surface area (Å²) in [6.45, 7) is 3.11. The molecule has 1 aromatic heterocycles. The van der Waals surface area contributed by atoms with Crippen molar-refractivity contribution in [3.63, 3.8) is 0 Å². The molecule has 0 aliphatic carbocycles. The number of furan rings is 1. The molecule has 3 aromatic rings. The van der Waals surface area contributed by atoms with Crippen molar-refractivity contribution in [3.8, 4) is 11.3 Å². The summed E-state index contributed by atoms with van der Waals surface area (Å²) in [7, 11) is 0. The number of rotatable bonds is 4. The van der Waals surface area contributed by atoms with Gasteiger partial charge in [0.1, 0.15) is 5.76 Å². The van der Waals surface area contributed by atoms with E-state index in [2.05, 4.69) is 26.1 Å². The molecule has 8 heteroatoms. The fourth-order valence-corrected chi connectivity index (χ4v) is 4.03. The van der Waals surface area contributed by atoms with Crippen LogP contribution in [-0.4, -0.2) is 32.2 Å². The van der Waals surface area contributed by atoms with Crippen molar-refractivity contribution in [1.29, 1.82) is 0 Å². The smallest absolute Gasteiger partial charge is 0.291 e. The Kier molecular flexibility index (Phi) is 6.15. The van der Waals surface area contributed by atoms with Gasteiger partial charge in [0, 0.05) is 28.8 Å². The molecule has 4 rings (SSSR count). The Balaban J connectivity index is 1.47. The standard InChI is InChI=1S/C21H17BrCl2N2O3/c22-15-12-14(2-4-18(15)26-7-9-28-10-8-26)25-21(27)20-6-5-19(29-20)13-1-3-16(23)17(24)11-13/h1-6,11-12H,7-10H2,(H,25,27). The van der Waals surface area contributed by atoms with E-state index in [9.17, 15) is 4.79 Å². The Morgan fingerprint density at radius 1 is 1.00 bits per heavy atom. The Morgan fingerprint density at radius 3 is 2.52 bits per heavy atom. The quantitative estimate of drug-likeness (QED) is 0.474. The predicted octanol–water partition coefficient (Wildman–Crippen LogP) is 6.10. The zero-order chi connectivity index (χ0) is 20.4. The van der Waals surface area contributed by atoms with E-state index in [-0.39, 0.29) is 11.7 Å². The van der Waals surface area contributed by atoms with Crippen LogP contribution in [-0.2, 0) is 4.74 Å². The monoisotopic (exact) mass is 494 g/mol. The van der Waals surface area contributed by atoms with Crippen molar-refractivity contribution in [2.45, 2.75) is 0 Å². The van der Waals surface area contributed by atoms with Gasteiger partial charge in [0.2, 0.25) is 0 Å². The van der Waals surface area contributed by atoms with Crippen LogP contribution in [0.2, 0.25) is 10.0 Å². The first-order valence-electron chi connectivity index (χ1n) is 9.00. The summed E-state index contributed by atoms with van der Waals surface area (Å²) in [5.41, 5.74) is 2.49. The van der Waals surface area contributed by atoms with Gasteiger partial charge in [0.05, 0.1) is 28.9 Å². The number of amides is 1. The summed E-state index contributed by atoms with van der Waals surface area (Å²) >= 11 is 15.6. The molecular formula is C21H17BrCl2N2O3. The third-order valence-electron chi connectivity index (χ3n) is 4.59. The number of carbonyl (C=O) groups excluding carboxylic acids is 1. The zero-order valence-corrected chi connectivity index (χ0v) is 18.4. The van der Waals surface area contributed by atoms with Crippen LogP contribution in [0.1, 0.15) is 10.6 Å². The summed E-state index contributed by atoms with van der Waals surface area (Å²) in [5, 5.41) is 3.75. The highest BCUT2D eigenvalue weighted by Gasteiger charge is 2.16. The molecule has 0 unspecified atom stereocenters. The number of hydrogen-bond donors (Lipinski definition) is 1. The van der Waals surface area contributed by atoms with Gasteiger partial charge in [0.25, 0.3) is 5.91 Å². The highest BCUT2D eigenvalue weighted by molar-refractivity contribution is 9.10. The number of morpholine rings is 1. The van der Waals surface area contributed by atoms with Crippen molar-refractivity contribution in [1.82, 2.24) is 0 Å². The van der Waals surface area contributed by atoms with Crippen molar-refractivity contribution in [3.05, 3.63) is 68.8 Å². The first kappa shape index (κ1) is 20.3. The van der Waals surface area contributed by atoms with Crippen molar-refractivity contribution >= 4 is 56.4 Å². The van der Waals surface area contributed by atoms with Crippen molar-refractivity contribution in [2.75, 3.05) is 36.5 Å². The second-order valence-electron chi connectivity index (χ2n) is 6.51. The van der Waals surface area contributed by atoms with E-state index < -0.39 is 0 Å². The molecule has 2 aromatic carbocycles. The molecular weight excluding hydrogens is 479 g/mol. The molecule has 0 bridgehead atoms. The number of nitrogens with zero attached hydrogens (tertiary/aromatic N) is 1. The van der Waals surface area contributed by atoms with Gasteiger partial charge < -0.3 is 19.4 Å². The van der Waals surface area contributed by atoms with E-state index in [0.717, 1.165) is 28.8 Å². The summed E-state index contributed by atoms with van der Waals surface area (Å²) in [4.78, 5) is 14.8. The van der Waals surface area contributed by atoms with Gasteiger partial charge in [0.15, 0.2) is 5.76 Å². The van der Waals surface area contributed by atoms with Crippen LogP contribution in [0.15, 0.2) is 57.4 Å². The lowest BCUT2D eigenvalue weighted by Crippen LogP contribution is -2.36. The minimum Gasteiger partial charge on any atom is -0.451 e. The van der Waals surface area contributed by atoms with Gasteiger partial charge in [-0.2, -0.15) is 0 Å². The van der Waals surface area contributed by atoms with E-state index in [1.165, 1.54) is 0 Å². The molecule has 1 aliphatic rings. The highest BCUT2D eigenvalue weighted by Crippen LogP contribution is 2.31. The maximum atomic E-state index is 12.6. The molecule has 150 valence electrons. The lowest BCUT2D eigenvalue weighted by atomic mass is 10.2. The van der Waals surface area contributed by atoms with E-state index in [1.54, 1.807) is 30.3 Å². The minimum atomic E-state index is -0.331. The SMILES string of the molecule is O=C(Nc1ccc(N2CCOCC2)c(Br)c1)c1ccc(-c2ccc(Cl)c(Cl)c2)o1. The average Bonchev–Trinajstić information content (AvgIpc) is 3.21. The Labute approximate surface area is 186 Å². The molecule has 1 aliphatic heterocycles. The predicted molar refractivity (Wildman–Crippen MR) is 119 cm³/mol. The maximum Gasteiger partial charge on any atom is 0.291 e. The molecule has 1 amide bonds. The third-order valence-corrected chi connectivity index (χ3v) is 5.97. The van der Waals surface area contributed by atoms with Gasteiger partial charge in [-0.25, -0.2) is 0 Å². The second-order valence-corrected chi connectivity index (χ2v) is 8.18. The van der Waals surface area contributed by atoms with Gasteiger partial charge in [-0.3, -0.25) is 4.79 Å². The molecule has 29 heavy (non-hydrogen) atoms. The third kappa shape index (κ3) is 4.61. The topological polar surface area (TPSA) is 54.7 Å². The molecule has 1 saturated heterocycles. The highest BCUT2D eigenvalue weighted by atomic mass is 79.9. The van der Waals surface area contributed by atoms with Gasteiger partial charge in [-0.15, -0.1) is 0 Å². The number of carbonyl (C=O) groups is 1. The van der Waals surface area contributed by atoms with Crippen LogP contribution in [0, 0.1) is 0 Å². The van der Waals surface area contributed by atoms with E-state index in [4.69, 9.17) is 32.4 Å². The van der Waals surface area contributed by atoms with Crippen molar-refractivity contribution in [2.24, 2.45) is 0 Å². The number of anilines is 2. The summed E-state index contributed by atoms with van der Waals surface area (Å²) < 4.78 is 12.0. The Hall–Kier alpha value is -1.99. The number of hydrogen-bond acceptors (Lipinski definition) is 4. The average molecular weight is 496 g/mol. The van der Waals surface area contributed by atoms with Gasteiger partial charge >= 0.3 is 0 Å². The summed E-state index contributed by atoms with van der Waals surface area (Å²) in [5.74, 6) is 0.416. The van der Waals surface area contributed by atoms with E-state index in [0.29, 0.717) is 34.7 Å². The van der Waals surface area contributed by atoms with Crippen LogP contribution in [0.5, 0.6) is 0 Å². The molecule has 5 nitrogen and oxygen atoms in total. The Morgan fingerprint density at radius 2 is 1.79 bits per heavy atom. The fraction of sp³-hybridized carbons (Fsp3) is 0.190. The number of benzene rings is 2. The van der Waals surface area contributed by atoms with E-state index >= 15 is 0 Å². The molecule has 2 heterocycles. The summed E-state index contributed by atoms with van der Waals surface area (Å²) in [6, 6.07) is 14.3. The molecule has 0 radical (unpaired) electrons. The molecule has 0 saturated carbocycles. The molecule has 0 atom stereocenters. The number of nitrogens with one attached hydrogen (secondary N) is 1. The molecule has 1 fully saturated rings. The van der Waals surface area contributed by atoms with Crippen LogP contribution in [0.25, 0.3) is 11.3 Å². The van der Waals surface area contributed by atoms with Crippen LogP contribution >= 0.6 is 39.1 Å². The minimum absolute atomic E-state index is 0.208. The lowest BCUT2D eigenvalue weighted by Gasteiger charge is -2.29. The van der Waals surface area contributed by atoms with Crippen LogP contribution in [0.4, 0.5) is 11.4 Å². The van der Waals surface area contributed by atoms with Crippen LogP contribution < -0.4 is 10.2 Å². The van der Waals surface area contributed by atoms with E-state index in [1.807, 2.05) is 18.2 Å². The van der Waals surface area contributed by atoms with Gasteiger partial charge in [-0.1, -0.05) is 23.2 Å². The lowest BCUT2D eigenvalue weighted by molar-refractivity contribution is 0.0997. The first-order valence-corrected chi connectivity index (χ1v) is 10.5. The normalized spacial score (nSPS) is 14.1. The first-order chi connectivity index (χ1) is 14.0.